The summed E-state index contributed by atoms with van der Waals surface area (Å²) >= 11 is 0. The van der Waals surface area contributed by atoms with Crippen LogP contribution >= 0.6 is 0 Å². The van der Waals surface area contributed by atoms with E-state index >= 15 is 0 Å². The van der Waals surface area contributed by atoms with E-state index in [-0.39, 0.29) is 16.1 Å². The molecule has 2 rings (SSSR count). The molecule has 1 N–H and O–H groups in total. The molecule has 0 atom stereocenters. The minimum atomic E-state index is -2.99. The number of nitrogens with one attached hydrogen (secondary N) is 1. The summed E-state index contributed by atoms with van der Waals surface area (Å²) in [5.74, 6) is 1.48. The van der Waals surface area contributed by atoms with Crippen LogP contribution in [0.2, 0.25) is 0 Å². The Balaban J connectivity index is 0.000000465. The highest BCUT2D eigenvalue weighted by Crippen LogP contribution is 2.27. The van der Waals surface area contributed by atoms with Crippen molar-refractivity contribution in [3.05, 3.63) is 0 Å². The minimum Gasteiger partial charge on any atom is -0.306 e. The van der Waals surface area contributed by atoms with Crippen molar-refractivity contribution in [3.8, 4) is 0 Å². The molecule has 2 fully saturated rings. The average Bonchev–Trinajstić information content (AvgIpc) is 2.64. The maximum absolute atomic E-state index is 11.9. The van der Waals surface area contributed by atoms with Crippen molar-refractivity contribution < 1.29 is 18.0 Å². The van der Waals surface area contributed by atoms with Gasteiger partial charge >= 0.3 is 0 Å². The van der Waals surface area contributed by atoms with E-state index in [4.69, 9.17) is 0 Å². The van der Waals surface area contributed by atoms with E-state index in [9.17, 15) is 18.0 Å². The van der Waals surface area contributed by atoms with E-state index in [1.807, 2.05) is 48.6 Å². The fourth-order valence-corrected chi connectivity index (χ4v) is 4.07. The summed E-state index contributed by atoms with van der Waals surface area (Å²) in [6, 6.07) is 0. The van der Waals surface area contributed by atoms with Crippen LogP contribution < -0.4 is 4.72 Å². The Labute approximate surface area is 197 Å². The summed E-state index contributed by atoms with van der Waals surface area (Å²) < 4.78 is 23.4. The summed E-state index contributed by atoms with van der Waals surface area (Å²) in [4.78, 5) is 27.9. The van der Waals surface area contributed by atoms with E-state index in [0.29, 0.717) is 23.4 Å². The molecule has 0 aromatic rings. The minimum absolute atomic E-state index is 0.147. The topological polar surface area (TPSA) is 86.8 Å². The Bertz CT molecular complexity index is 692. The quantitative estimate of drug-likeness (QED) is 0.672. The molecule has 7 nitrogen and oxygen atoms in total. The molecule has 190 valence electrons. The highest BCUT2D eigenvalue weighted by Gasteiger charge is 2.36. The molecule has 0 saturated carbocycles. The van der Waals surface area contributed by atoms with Crippen LogP contribution in [0.5, 0.6) is 0 Å². The molecule has 2 aliphatic rings. The highest BCUT2D eigenvalue weighted by molar-refractivity contribution is 7.90. The zero-order valence-electron chi connectivity index (χ0n) is 22.4. The van der Waals surface area contributed by atoms with Crippen LogP contribution in [0.4, 0.5) is 0 Å². The van der Waals surface area contributed by atoms with Crippen molar-refractivity contribution in [2.75, 3.05) is 47.3 Å². The van der Waals surface area contributed by atoms with Gasteiger partial charge in [-0.2, -0.15) is 0 Å². The van der Waals surface area contributed by atoms with Crippen molar-refractivity contribution in [1.29, 1.82) is 0 Å². The first-order valence-corrected chi connectivity index (χ1v) is 13.3. The first kappa shape index (κ1) is 31.2. The van der Waals surface area contributed by atoms with Gasteiger partial charge in [-0.05, 0) is 60.9 Å². The maximum atomic E-state index is 11.9. The van der Waals surface area contributed by atoms with Crippen molar-refractivity contribution >= 4 is 21.6 Å². The van der Waals surface area contributed by atoms with Crippen molar-refractivity contribution in [3.63, 3.8) is 0 Å². The molecule has 0 aromatic carbocycles. The van der Waals surface area contributed by atoms with Crippen LogP contribution in [0, 0.1) is 22.7 Å². The number of nitrogens with zero attached hydrogens (tertiary/aromatic N) is 2. The second-order valence-corrected chi connectivity index (χ2v) is 14.0. The van der Waals surface area contributed by atoms with Crippen molar-refractivity contribution in [1.82, 2.24) is 14.5 Å². The lowest BCUT2D eigenvalue weighted by Gasteiger charge is -2.38. The van der Waals surface area contributed by atoms with Crippen molar-refractivity contribution in [2.24, 2.45) is 22.7 Å². The second-order valence-electron chi connectivity index (χ2n) is 11.5. The summed E-state index contributed by atoms with van der Waals surface area (Å²) in [6.07, 6.45) is 2.10. The van der Waals surface area contributed by atoms with E-state index in [1.165, 1.54) is 7.05 Å². The summed E-state index contributed by atoms with van der Waals surface area (Å²) in [5, 5.41) is -0.326. The SMILES string of the molecule is CN1CC(C(=O)C(C)(C)C)C1.CN1CCC(C(=O)C(C)(C)C)CC1.CNS(=O)(=O)C(C)C. The Morgan fingerprint density at radius 2 is 1.19 bits per heavy atom. The molecule has 32 heavy (non-hydrogen) atoms. The number of likely N-dealkylation sites (tertiary alicyclic amines) is 2. The number of carbonyl (C=O) groups excluding carboxylic acids is 2. The van der Waals surface area contributed by atoms with Crippen LogP contribution in [-0.4, -0.2) is 82.4 Å². The molecule has 0 radical (unpaired) electrons. The normalized spacial score (nSPS) is 19.4. The lowest BCUT2D eigenvalue weighted by molar-refractivity contribution is -0.135. The largest absolute Gasteiger partial charge is 0.306 e. The molecule has 2 aliphatic heterocycles. The van der Waals surface area contributed by atoms with Gasteiger partial charge in [0.05, 0.1) is 5.25 Å². The molecule has 2 heterocycles. The molecule has 0 aliphatic carbocycles. The molecule has 0 aromatic heterocycles. The van der Waals surface area contributed by atoms with Gasteiger partial charge in [-0.1, -0.05) is 41.5 Å². The van der Waals surface area contributed by atoms with E-state index in [2.05, 4.69) is 21.6 Å². The Hall–Kier alpha value is -0.830. The number of Topliss-reactive ketones (excluding diaryl/α,β-unsaturated/α-hetero) is 2. The summed E-state index contributed by atoms with van der Waals surface area (Å²) in [6.45, 7) is 19.4. The number of carbonyl (C=O) groups is 2. The Kier molecular flexibility index (Phi) is 12.3. The van der Waals surface area contributed by atoms with Crippen LogP contribution in [-0.2, 0) is 19.6 Å². The number of hydrogen-bond donors (Lipinski definition) is 1. The first-order valence-electron chi connectivity index (χ1n) is 11.7. The zero-order chi connectivity index (χ0) is 25.5. The molecular formula is C24H49N3O4S. The van der Waals surface area contributed by atoms with Crippen LogP contribution in [0.3, 0.4) is 0 Å². The third-order valence-electron chi connectivity index (χ3n) is 5.91. The summed E-state index contributed by atoms with van der Waals surface area (Å²) in [7, 11) is 2.60. The molecule has 8 heteroatoms. The van der Waals surface area contributed by atoms with Gasteiger partial charge in [-0.25, -0.2) is 13.1 Å². The van der Waals surface area contributed by atoms with E-state index in [1.54, 1.807) is 13.8 Å². The number of sulfonamides is 1. The number of hydrogen-bond acceptors (Lipinski definition) is 6. The van der Waals surface area contributed by atoms with Crippen molar-refractivity contribution in [2.45, 2.75) is 73.5 Å². The number of piperidine rings is 1. The third kappa shape index (κ3) is 10.9. The predicted octanol–water partition coefficient (Wildman–Crippen LogP) is 3.05. The fourth-order valence-electron chi connectivity index (χ4n) is 3.60. The fraction of sp³-hybridized carbons (Fsp3) is 0.917. The second kappa shape index (κ2) is 12.6. The lowest BCUT2D eigenvalue weighted by Crippen LogP contribution is -2.50. The lowest BCUT2D eigenvalue weighted by atomic mass is 9.79. The third-order valence-corrected chi connectivity index (χ3v) is 7.72. The standard InChI is InChI=1S/C11H21NO.C9H17NO.C4H11NO2S/c1-11(2,3)10(13)9-5-7-12(4)8-6-9;1-9(2,3)8(11)7-5-10(4)6-7;1-4(2)8(6,7)5-3/h9H,5-8H2,1-4H3;7H,5-6H2,1-4H3;4-5H,1-3H3. The predicted molar refractivity (Wildman–Crippen MR) is 133 cm³/mol. The maximum Gasteiger partial charge on any atom is 0.213 e. The molecule has 2 saturated heterocycles. The van der Waals surface area contributed by atoms with Crippen LogP contribution in [0.15, 0.2) is 0 Å². The smallest absolute Gasteiger partial charge is 0.213 e. The molecule has 0 bridgehead atoms. The van der Waals surface area contributed by atoms with Gasteiger partial charge in [0.2, 0.25) is 10.0 Å². The van der Waals surface area contributed by atoms with Gasteiger partial charge in [0.1, 0.15) is 11.6 Å². The first-order chi connectivity index (χ1) is 14.3. The summed E-state index contributed by atoms with van der Waals surface area (Å²) in [5.41, 5.74) is -0.299. The van der Waals surface area contributed by atoms with E-state index in [0.717, 1.165) is 39.0 Å². The van der Waals surface area contributed by atoms with Crippen LogP contribution in [0.1, 0.15) is 68.2 Å². The number of ketones is 2. The monoisotopic (exact) mass is 475 g/mol. The molecule has 0 unspecified atom stereocenters. The van der Waals surface area contributed by atoms with Crippen LogP contribution in [0.25, 0.3) is 0 Å². The average molecular weight is 476 g/mol. The Morgan fingerprint density at radius 3 is 1.44 bits per heavy atom. The van der Waals surface area contributed by atoms with Gasteiger partial charge in [-0.15, -0.1) is 0 Å². The van der Waals surface area contributed by atoms with Gasteiger partial charge in [-0.3, -0.25) is 9.59 Å². The van der Waals surface area contributed by atoms with Gasteiger partial charge in [0.15, 0.2) is 0 Å². The van der Waals surface area contributed by atoms with E-state index < -0.39 is 10.0 Å². The molecular weight excluding hydrogens is 426 g/mol. The van der Waals surface area contributed by atoms with Gasteiger partial charge in [0, 0.05) is 35.8 Å². The number of rotatable bonds is 4. The molecule has 0 amide bonds. The Morgan fingerprint density at radius 1 is 0.812 bits per heavy atom. The molecule has 0 spiro atoms. The highest BCUT2D eigenvalue weighted by atomic mass is 32.2. The zero-order valence-corrected chi connectivity index (χ0v) is 23.2. The van der Waals surface area contributed by atoms with Gasteiger partial charge < -0.3 is 9.80 Å². The van der Waals surface area contributed by atoms with Gasteiger partial charge in [0.25, 0.3) is 0 Å².